The highest BCUT2D eigenvalue weighted by molar-refractivity contribution is 6.00. The zero-order valence-electron chi connectivity index (χ0n) is 15.2. The summed E-state index contributed by atoms with van der Waals surface area (Å²) in [5.41, 5.74) is 3.22. The highest BCUT2D eigenvalue weighted by Gasteiger charge is 2.19. The summed E-state index contributed by atoms with van der Waals surface area (Å²) in [6.45, 7) is 4.79. The lowest BCUT2D eigenvalue weighted by molar-refractivity contribution is -0.116. The lowest BCUT2D eigenvalue weighted by Crippen LogP contribution is -2.35. The minimum Gasteiger partial charge on any atom is -0.486 e. The molecule has 0 saturated carbocycles. The Morgan fingerprint density at radius 1 is 1.04 bits per heavy atom. The van der Waals surface area contributed by atoms with E-state index in [2.05, 4.69) is 5.32 Å². The second-order valence-corrected chi connectivity index (χ2v) is 6.33. The van der Waals surface area contributed by atoms with Gasteiger partial charge in [-0.05, 0) is 43.2 Å². The van der Waals surface area contributed by atoms with Gasteiger partial charge in [0.2, 0.25) is 5.91 Å². The number of aryl methyl sites for hydroxylation is 2. The lowest BCUT2D eigenvalue weighted by atomic mass is 10.1. The van der Waals surface area contributed by atoms with Crippen molar-refractivity contribution in [2.24, 2.45) is 0 Å². The first-order valence-corrected chi connectivity index (χ1v) is 8.47. The number of hydrogen-bond acceptors (Lipinski definition) is 4. The van der Waals surface area contributed by atoms with Gasteiger partial charge in [0.15, 0.2) is 11.5 Å². The van der Waals surface area contributed by atoms with Crippen LogP contribution in [0.1, 0.15) is 21.5 Å². The summed E-state index contributed by atoms with van der Waals surface area (Å²) < 4.78 is 11.0. The number of anilines is 1. The Bertz CT molecular complexity index is 827. The van der Waals surface area contributed by atoms with Crippen molar-refractivity contribution < 1.29 is 19.1 Å². The predicted molar refractivity (Wildman–Crippen MR) is 98.9 cm³/mol. The first kappa shape index (κ1) is 17.8. The Morgan fingerprint density at radius 3 is 2.38 bits per heavy atom. The van der Waals surface area contributed by atoms with Gasteiger partial charge in [0.1, 0.15) is 13.2 Å². The average molecular weight is 354 g/mol. The molecular formula is C20H22N2O4. The molecule has 1 N–H and O–H groups in total. The lowest BCUT2D eigenvalue weighted by Gasteiger charge is -2.21. The summed E-state index contributed by atoms with van der Waals surface area (Å²) >= 11 is 0. The molecule has 2 aromatic carbocycles. The number of para-hydroxylation sites is 1. The standard InChI is InChI=1S/C20H22N2O4/c1-13-5-4-6-14(2)19(13)21-18(23)12-22(3)20(24)15-7-8-16-17(11-15)26-10-9-25-16/h4-8,11H,9-10,12H2,1-3H3,(H,21,23). The fraction of sp³-hybridized carbons (Fsp3) is 0.300. The van der Waals surface area contributed by atoms with E-state index in [9.17, 15) is 9.59 Å². The number of carbonyl (C=O) groups excluding carboxylic acids is 2. The van der Waals surface area contributed by atoms with Crippen LogP contribution in [0.15, 0.2) is 36.4 Å². The van der Waals surface area contributed by atoms with E-state index >= 15 is 0 Å². The predicted octanol–water partition coefficient (Wildman–Crippen LogP) is 2.79. The second kappa shape index (κ2) is 7.47. The number of nitrogens with one attached hydrogen (secondary N) is 1. The number of rotatable bonds is 4. The van der Waals surface area contributed by atoms with Crippen LogP contribution in [0, 0.1) is 13.8 Å². The average Bonchev–Trinajstić information content (AvgIpc) is 2.63. The van der Waals surface area contributed by atoms with Crippen molar-refractivity contribution in [3.8, 4) is 11.5 Å². The summed E-state index contributed by atoms with van der Waals surface area (Å²) in [4.78, 5) is 26.3. The molecule has 1 aliphatic heterocycles. The number of benzene rings is 2. The maximum Gasteiger partial charge on any atom is 0.254 e. The van der Waals surface area contributed by atoms with Crippen LogP contribution in [-0.2, 0) is 4.79 Å². The Kier molecular flexibility index (Phi) is 5.11. The van der Waals surface area contributed by atoms with E-state index in [0.717, 1.165) is 16.8 Å². The molecule has 0 saturated heterocycles. The number of carbonyl (C=O) groups is 2. The zero-order valence-corrected chi connectivity index (χ0v) is 15.2. The van der Waals surface area contributed by atoms with Crippen LogP contribution in [0.3, 0.4) is 0 Å². The van der Waals surface area contributed by atoms with E-state index in [-0.39, 0.29) is 18.4 Å². The van der Waals surface area contributed by atoms with Gasteiger partial charge in [-0.15, -0.1) is 0 Å². The molecule has 2 aromatic rings. The number of fused-ring (bicyclic) bond motifs is 1. The van der Waals surface area contributed by atoms with E-state index in [1.54, 1.807) is 25.2 Å². The van der Waals surface area contributed by atoms with Crippen LogP contribution in [0.4, 0.5) is 5.69 Å². The van der Waals surface area contributed by atoms with Gasteiger partial charge in [-0.2, -0.15) is 0 Å². The molecule has 3 rings (SSSR count). The maximum absolute atomic E-state index is 12.6. The zero-order chi connectivity index (χ0) is 18.7. The van der Waals surface area contributed by atoms with Crippen molar-refractivity contribution >= 4 is 17.5 Å². The van der Waals surface area contributed by atoms with Gasteiger partial charge in [0.25, 0.3) is 5.91 Å². The number of hydrogen-bond donors (Lipinski definition) is 1. The van der Waals surface area contributed by atoms with Crippen molar-refractivity contribution in [1.29, 1.82) is 0 Å². The molecule has 0 unspecified atom stereocenters. The van der Waals surface area contributed by atoms with Crippen molar-refractivity contribution in [3.63, 3.8) is 0 Å². The van der Waals surface area contributed by atoms with Crippen LogP contribution in [0.2, 0.25) is 0 Å². The van der Waals surface area contributed by atoms with Gasteiger partial charge >= 0.3 is 0 Å². The molecule has 0 aromatic heterocycles. The Hall–Kier alpha value is -3.02. The summed E-state index contributed by atoms with van der Waals surface area (Å²) in [5.74, 6) is 0.688. The summed E-state index contributed by atoms with van der Waals surface area (Å²) in [5, 5.41) is 2.89. The maximum atomic E-state index is 12.6. The smallest absolute Gasteiger partial charge is 0.254 e. The molecule has 0 bridgehead atoms. The van der Waals surface area contributed by atoms with Gasteiger partial charge < -0.3 is 19.7 Å². The van der Waals surface area contributed by atoms with Crippen LogP contribution in [0.25, 0.3) is 0 Å². The number of amides is 2. The van der Waals surface area contributed by atoms with E-state index in [0.29, 0.717) is 30.3 Å². The Labute approximate surface area is 152 Å². The van der Waals surface area contributed by atoms with Crippen LogP contribution in [0.5, 0.6) is 11.5 Å². The Morgan fingerprint density at radius 2 is 1.69 bits per heavy atom. The first-order valence-electron chi connectivity index (χ1n) is 8.47. The monoisotopic (exact) mass is 354 g/mol. The van der Waals surface area contributed by atoms with E-state index < -0.39 is 0 Å². The molecule has 0 spiro atoms. The van der Waals surface area contributed by atoms with Crippen molar-refractivity contribution in [1.82, 2.24) is 4.90 Å². The van der Waals surface area contributed by atoms with Crippen LogP contribution < -0.4 is 14.8 Å². The molecule has 136 valence electrons. The van der Waals surface area contributed by atoms with Gasteiger partial charge in [-0.1, -0.05) is 18.2 Å². The quantitative estimate of drug-likeness (QED) is 0.917. The third-order valence-electron chi connectivity index (χ3n) is 4.26. The minimum absolute atomic E-state index is 0.0406. The summed E-state index contributed by atoms with van der Waals surface area (Å²) in [6.07, 6.45) is 0. The molecule has 0 atom stereocenters. The summed E-state index contributed by atoms with van der Waals surface area (Å²) in [7, 11) is 1.60. The first-order chi connectivity index (χ1) is 12.5. The van der Waals surface area contributed by atoms with Crippen molar-refractivity contribution in [3.05, 3.63) is 53.1 Å². The Balaban J connectivity index is 1.66. The molecule has 6 nitrogen and oxygen atoms in total. The van der Waals surface area contributed by atoms with E-state index in [4.69, 9.17) is 9.47 Å². The molecule has 2 amide bonds. The topological polar surface area (TPSA) is 67.9 Å². The molecule has 0 fully saturated rings. The van der Waals surface area contributed by atoms with Crippen molar-refractivity contribution in [2.45, 2.75) is 13.8 Å². The molecular weight excluding hydrogens is 332 g/mol. The van der Waals surface area contributed by atoms with Crippen molar-refractivity contribution in [2.75, 3.05) is 32.1 Å². The fourth-order valence-corrected chi connectivity index (χ4v) is 2.87. The molecule has 26 heavy (non-hydrogen) atoms. The molecule has 1 aliphatic rings. The molecule has 0 aliphatic carbocycles. The highest BCUT2D eigenvalue weighted by atomic mass is 16.6. The van der Waals surface area contributed by atoms with Gasteiger partial charge in [-0.25, -0.2) is 0 Å². The minimum atomic E-state index is -0.251. The van der Waals surface area contributed by atoms with Gasteiger partial charge in [-0.3, -0.25) is 9.59 Å². The third kappa shape index (κ3) is 3.79. The van der Waals surface area contributed by atoms with E-state index in [1.807, 2.05) is 32.0 Å². The number of nitrogens with zero attached hydrogens (tertiary/aromatic N) is 1. The van der Waals surface area contributed by atoms with E-state index in [1.165, 1.54) is 4.90 Å². The van der Waals surface area contributed by atoms with Crippen LogP contribution >= 0.6 is 0 Å². The molecule has 1 heterocycles. The fourth-order valence-electron chi connectivity index (χ4n) is 2.87. The SMILES string of the molecule is Cc1cccc(C)c1NC(=O)CN(C)C(=O)c1ccc2c(c1)OCCO2. The third-order valence-corrected chi connectivity index (χ3v) is 4.26. The van der Waals surface area contributed by atoms with Gasteiger partial charge in [0.05, 0.1) is 6.54 Å². The largest absolute Gasteiger partial charge is 0.486 e. The summed E-state index contributed by atoms with van der Waals surface area (Å²) in [6, 6.07) is 10.9. The normalized spacial score (nSPS) is 12.4. The second-order valence-electron chi connectivity index (χ2n) is 6.33. The molecule has 6 heteroatoms. The number of likely N-dealkylation sites (N-methyl/N-ethyl adjacent to an activating group) is 1. The van der Waals surface area contributed by atoms with Gasteiger partial charge in [0, 0.05) is 18.3 Å². The molecule has 0 radical (unpaired) electrons. The highest BCUT2D eigenvalue weighted by Crippen LogP contribution is 2.31. The van der Waals surface area contributed by atoms with Crippen LogP contribution in [-0.4, -0.2) is 43.5 Å². The number of ether oxygens (including phenoxy) is 2.